The maximum atomic E-state index is 13.1. The Kier molecular flexibility index (Phi) is 9.71. The molecule has 0 radical (unpaired) electrons. The first-order valence-electron chi connectivity index (χ1n) is 12.1. The van der Waals surface area contributed by atoms with E-state index in [4.69, 9.17) is 4.74 Å². The van der Waals surface area contributed by atoms with Crippen molar-refractivity contribution in [1.29, 1.82) is 5.26 Å². The molecule has 5 heteroatoms. The fourth-order valence-electron chi connectivity index (χ4n) is 5.21. The maximum absolute atomic E-state index is 13.1. The zero-order valence-electron chi connectivity index (χ0n) is 19.8. The van der Waals surface area contributed by atoms with Crippen LogP contribution in [-0.2, 0) is 20.4 Å². The molecule has 4 nitrogen and oxygen atoms in total. The van der Waals surface area contributed by atoms with Gasteiger partial charge < -0.3 is 9.64 Å². The standard InChI is InChI=1S/C30H32N2O2.Na.H/c1-2-34-28(33)29(25-12-6-3-7-13-25)18-21-32(22-19-29)23-20-30(24-31,26-14-8-4-9-15-26)27-16-10-5-11-17-27;;/h3-17H,2,18-23H2,1H3;;. The van der Waals surface area contributed by atoms with Gasteiger partial charge in [0.1, 0.15) is 5.41 Å². The Labute approximate surface area is 231 Å². The van der Waals surface area contributed by atoms with Gasteiger partial charge in [0, 0.05) is 6.54 Å². The third-order valence-corrected chi connectivity index (χ3v) is 7.23. The molecule has 0 spiro atoms. The number of hydrogen-bond donors (Lipinski definition) is 0. The van der Waals surface area contributed by atoms with Crippen molar-refractivity contribution >= 4 is 35.5 Å². The number of hydrogen-bond acceptors (Lipinski definition) is 4. The van der Waals surface area contributed by atoms with Crippen molar-refractivity contribution in [3.05, 3.63) is 108 Å². The summed E-state index contributed by atoms with van der Waals surface area (Å²) in [5.41, 5.74) is 1.76. The Balaban J connectivity index is 0.00000342. The summed E-state index contributed by atoms with van der Waals surface area (Å²) in [6.45, 7) is 4.61. The van der Waals surface area contributed by atoms with Crippen LogP contribution in [0.25, 0.3) is 0 Å². The van der Waals surface area contributed by atoms with Gasteiger partial charge in [-0.3, -0.25) is 4.79 Å². The molecule has 0 aliphatic carbocycles. The summed E-state index contributed by atoms with van der Waals surface area (Å²) < 4.78 is 5.52. The summed E-state index contributed by atoms with van der Waals surface area (Å²) in [4.78, 5) is 15.5. The van der Waals surface area contributed by atoms with Gasteiger partial charge in [-0.2, -0.15) is 5.26 Å². The summed E-state index contributed by atoms with van der Waals surface area (Å²) in [7, 11) is 0. The van der Waals surface area contributed by atoms with E-state index in [1.54, 1.807) is 0 Å². The molecule has 0 unspecified atom stereocenters. The van der Waals surface area contributed by atoms with Crippen molar-refractivity contribution in [3.63, 3.8) is 0 Å². The number of ether oxygens (including phenoxy) is 1. The van der Waals surface area contributed by atoms with Crippen LogP contribution in [-0.4, -0.2) is 66.7 Å². The van der Waals surface area contributed by atoms with E-state index in [1.165, 1.54) is 0 Å². The van der Waals surface area contributed by atoms with Gasteiger partial charge >= 0.3 is 35.5 Å². The molecular formula is C30H33N2NaO2. The van der Waals surface area contributed by atoms with Crippen molar-refractivity contribution < 1.29 is 9.53 Å². The molecule has 1 aliphatic rings. The number of nitriles is 1. The first-order valence-corrected chi connectivity index (χ1v) is 12.1. The summed E-state index contributed by atoms with van der Waals surface area (Å²) in [5.74, 6) is -0.124. The van der Waals surface area contributed by atoms with Crippen molar-refractivity contribution in [1.82, 2.24) is 4.90 Å². The minimum absolute atomic E-state index is 0. The van der Waals surface area contributed by atoms with Gasteiger partial charge in [0.25, 0.3) is 0 Å². The van der Waals surface area contributed by atoms with Crippen LogP contribution < -0.4 is 0 Å². The fourth-order valence-corrected chi connectivity index (χ4v) is 5.21. The molecule has 1 fully saturated rings. The van der Waals surface area contributed by atoms with E-state index < -0.39 is 10.8 Å². The normalized spacial score (nSPS) is 15.4. The van der Waals surface area contributed by atoms with E-state index >= 15 is 0 Å². The number of carbonyl (C=O) groups is 1. The Hall–Kier alpha value is -2.42. The number of rotatable bonds is 8. The molecule has 35 heavy (non-hydrogen) atoms. The van der Waals surface area contributed by atoms with Gasteiger partial charge in [0.05, 0.1) is 18.1 Å². The van der Waals surface area contributed by atoms with E-state index in [-0.39, 0.29) is 35.5 Å². The van der Waals surface area contributed by atoms with Crippen LogP contribution in [0.4, 0.5) is 0 Å². The summed E-state index contributed by atoms with van der Waals surface area (Å²) in [5, 5.41) is 10.4. The molecule has 0 bridgehead atoms. The molecule has 1 saturated heterocycles. The average Bonchev–Trinajstić information content (AvgIpc) is 2.91. The fraction of sp³-hybridized carbons (Fsp3) is 0.333. The minimum atomic E-state index is -0.711. The topological polar surface area (TPSA) is 53.3 Å². The molecule has 0 aromatic heterocycles. The second-order valence-electron chi connectivity index (χ2n) is 9.01. The molecule has 0 atom stereocenters. The summed E-state index contributed by atoms with van der Waals surface area (Å²) >= 11 is 0. The van der Waals surface area contributed by atoms with Crippen molar-refractivity contribution in [3.8, 4) is 6.07 Å². The van der Waals surface area contributed by atoms with E-state index in [2.05, 4.69) is 11.0 Å². The SMILES string of the molecule is CCOC(=O)C1(c2ccccc2)CCN(CCC(C#N)(c2ccccc2)c2ccccc2)CC1.[NaH]. The van der Waals surface area contributed by atoms with Crippen LogP contribution >= 0.6 is 0 Å². The van der Waals surface area contributed by atoms with Crippen molar-refractivity contribution in [2.75, 3.05) is 26.2 Å². The van der Waals surface area contributed by atoms with Gasteiger partial charge in [-0.1, -0.05) is 91.0 Å². The van der Waals surface area contributed by atoms with E-state index in [0.29, 0.717) is 25.9 Å². The van der Waals surface area contributed by atoms with Crippen molar-refractivity contribution in [2.24, 2.45) is 0 Å². The molecule has 4 rings (SSSR count). The third kappa shape index (κ3) is 5.71. The van der Waals surface area contributed by atoms with Crippen LogP contribution in [0.2, 0.25) is 0 Å². The number of esters is 1. The summed E-state index contributed by atoms with van der Waals surface area (Å²) in [6.07, 6.45) is 2.12. The van der Waals surface area contributed by atoms with Crippen LogP contribution in [0, 0.1) is 11.3 Å². The quantitative estimate of drug-likeness (QED) is 0.345. The molecule has 0 N–H and O–H groups in total. The second kappa shape index (κ2) is 12.5. The van der Waals surface area contributed by atoms with Crippen LogP contribution in [0.5, 0.6) is 0 Å². The third-order valence-electron chi connectivity index (χ3n) is 7.23. The first-order chi connectivity index (χ1) is 16.6. The Morgan fingerprint density at radius 3 is 1.86 bits per heavy atom. The molecule has 1 aliphatic heterocycles. The molecule has 3 aromatic rings. The van der Waals surface area contributed by atoms with Gasteiger partial charge in [0.15, 0.2) is 0 Å². The van der Waals surface area contributed by atoms with Gasteiger partial charge in [-0.15, -0.1) is 0 Å². The van der Waals surface area contributed by atoms with Gasteiger partial charge in [-0.05, 0) is 56.0 Å². The van der Waals surface area contributed by atoms with E-state index in [1.807, 2.05) is 97.9 Å². The van der Waals surface area contributed by atoms with Crippen LogP contribution in [0.1, 0.15) is 42.9 Å². The molecule has 1 heterocycles. The molecular weight excluding hydrogens is 443 g/mol. The average molecular weight is 477 g/mol. The summed E-state index contributed by atoms with van der Waals surface area (Å²) in [6, 6.07) is 32.9. The molecule has 3 aromatic carbocycles. The monoisotopic (exact) mass is 476 g/mol. The Morgan fingerprint density at radius 2 is 1.40 bits per heavy atom. The Morgan fingerprint density at radius 1 is 0.914 bits per heavy atom. The molecule has 0 saturated carbocycles. The zero-order valence-corrected chi connectivity index (χ0v) is 19.8. The van der Waals surface area contributed by atoms with Crippen LogP contribution in [0.3, 0.4) is 0 Å². The van der Waals surface area contributed by atoms with Gasteiger partial charge in [0.2, 0.25) is 0 Å². The number of piperidine rings is 1. The first kappa shape index (κ1) is 27.2. The predicted octanol–water partition coefficient (Wildman–Crippen LogP) is 4.83. The molecule has 0 amide bonds. The molecule has 176 valence electrons. The van der Waals surface area contributed by atoms with Crippen molar-refractivity contribution in [2.45, 2.75) is 37.0 Å². The number of nitrogens with zero attached hydrogens (tertiary/aromatic N) is 2. The zero-order chi connectivity index (χ0) is 23.9. The number of carbonyl (C=O) groups excluding carboxylic acids is 1. The predicted molar refractivity (Wildman–Crippen MR) is 141 cm³/mol. The number of benzene rings is 3. The second-order valence-corrected chi connectivity index (χ2v) is 9.01. The Bertz CT molecular complexity index is 1070. The number of likely N-dealkylation sites (tertiary alicyclic amines) is 1. The van der Waals surface area contributed by atoms with Crippen LogP contribution in [0.15, 0.2) is 91.0 Å². The van der Waals surface area contributed by atoms with E-state index in [0.717, 1.165) is 36.3 Å². The van der Waals surface area contributed by atoms with Gasteiger partial charge in [-0.25, -0.2) is 0 Å². The van der Waals surface area contributed by atoms with E-state index in [9.17, 15) is 10.1 Å².